The molecule has 2 aliphatic rings. The largest absolute Gasteiger partial charge is 0.490 e. The third kappa shape index (κ3) is 4.54. The molecular formula is C21H26N2O4S. The number of thiocarbonyl (C=S) groups is 1. The lowest BCUT2D eigenvalue weighted by Crippen LogP contribution is -2.48. The van der Waals surface area contributed by atoms with Gasteiger partial charge in [-0.3, -0.25) is 0 Å². The van der Waals surface area contributed by atoms with Gasteiger partial charge in [0.25, 0.3) is 0 Å². The maximum absolute atomic E-state index is 12.9. The number of allylic oxidation sites excluding steroid dienone is 1. The van der Waals surface area contributed by atoms with Crippen molar-refractivity contribution in [2.75, 3.05) is 26.9 Å². The molecule has 28 heavy (non-hydrogen) atoms. The summed E-state index contributed by atoms with van der Waals surface area (Å²) >= 11 is 5.61. The molecule has 1 fully saturated rings. The van der Waals surface area contributed by atoms with Crippen LogP contribution in [-0.4, -0.2) is 49.0 Å². The molecule has 1 aliphatic heterocycles. The van der Waals surface area contributed by atoms with E-state index < -0.39 is 6.04 Å². The summed E-state index contributed by atoms with van der Waals surface area (Å²) in [7, 11) is 1.57. The number of rotatable bonds is 9. The lowest BCUT2D eigenvalue weighted by molar-refractivity contribution is -0.140. The number of nitrogens with zero attached hydrogens (tertiary/aromatic N) is 1. The van der Waals surface area contributed by atoms with Crippen molar-refractivity contribution >= 4 is 23.3 Å². The number of methoxy groups -OCH3 is 1. The van der Waals surface area contributed by atoms with Crippen LogP contribution in [0.5, 0.6) is 5.75 Å². The van der Waals surface area contributed by atoms with Gasteiger partial charge in [-0.05, 0) is 49.7 Å². The van der Waals surface area contributed by atoms with E-state index in [4.69, 9.17) is 26.4 Å². The molecule has 0 saturated heterocycles. The molecule has 150 valence electrons. The first-order chi connectivity index (χ1) is 13.6. The Bertz CT molecular complexity index is 788. The number of hydrogen-bond acceptors (Lipinski definition) is 5. The van der Waals surface area contributed by atoms with Gasteiger partial charge in [-0.1, -0.05) is 24.8 Å². The normalized spacial score (nSPS) is 19.3. The fourth-order valence-electron chi connectivity index (χ4n) is 3.28. The minimum atomic E-state index is -0.398. The minimum absolute atomic E-state index is 0.204. The maximum atomic E-state index is 12.9. The van der Waals surface area contributed by atoms with Crippen molar-refractivity contribution in [3.63, 3.8) is 0 Å². The fraction of sp³-hybridized carbons (Fsp3) is 0.429. The highest BCUT2D eigenvalue weighted by atomic mass is 32.1. The molecule has 0 amide bonds. The SMILES string of the molecule is C=CCOc1cccc([C@@H]2NC(=S)N(C3CC3)C(C)=C2C(=O)OCCOC)c1. The van der Waals surface area contributed by atoms with Crippen molar-refractivity contribution in [2.24, 2.45) is 0 Å². The summed E-state index contributed by atoms with van der Waals surface area (Å²) in [5.41, 5.74) is 2.30. The van der Waals surface area contributed by atoms with Crippen molar-refractivity contribution in [1.29, 1.82) is 0 Å². The zero-order chi connectivity index (χ0) is 20.1. The highest BCUT2D eigenvalue weighted by molar-refractivity contribution is 7.80. The van der Waals surface area contributed by atoms with Crippen LogP contribution in [0.4, 0.5) is 0 Å². The zero-order valence-corrected chi connectivity index (χ0v) is 17.1. The minimum Gasteiger partial charge on any atom is -0.490 e. The molecule has 0 bridgehead atoms. The number of carbonyl (C=O) groups excluding carboxylic acids is 1. The van der Waals surface area contributed by atoms with Gasteiger partial charge in [0.15, 0.2) is 5.11 Å². The second-order valence-electron chi connectivity index (χ2n) is 6.78. The maximum Gasteiger partial charge on any atom is 0.338 e. The third-order valence-electron chi connectivity index (χ3n) is 4.74. The first kappa shape index (κ1) is 20.4. The van der Waals surface area contributed by atoms with Crippen LogP contribution < -0.4 is 10.1 Å². The van der Waals surface area contributed by atoms with Crippen molar-refractivity contribution in [2.45, 2.75) is 31.8 Å². The van der Waals surface area contributed by atoms with Gasteiger partial charge >= 0.3 is 5.97 Å². The van der Waals surface area contributed by atoms with Gasteiger partial charge in [-0.15, -0.1) is 0 Å². The molecule has 1 atom stereocenters. The summed E-state index contributed by atoms with van der Waals surface area (Å²) in [4.78, 5) is 15.0. The van der Waals surface area contributed by atoms with Crippen molar-refractivity contribution in [1.82, 2.24) is 10.2 Å². The molecule has 0 spiro atoms. The highest BCUT2D eigenvalue weighted by Gasteiger charge is 2.40. The van der Waals surface area contributed by atoms with Crippen LogP contribution in [0.3, 0.4) is 0 Å². The van der Waals surface area contributed by atoms with E-state index in [9.17, 15) is 4.79 Å². The van der Waals surface area contributed by atoms with Crippen LogP contribution in [0.1, 0.15) is 31.4 Å². The molecule has 6 nitrogen and oxygen atoms in total. The summed E-state index contributed by atoms with van der Waals surface area (Å²) in [6.07, 6.45) is 3.83. The van der Waals surface area contributed by atoms with E-state index in [0.717, 1.165) is 24.1 Å². The number of nitrogens with one attached hydrogen (secondary N) is 1. The smallest absolute Gasteiger partial charge is 0.338 e. The number of ether oxygens (including phenoxy) is 3. The topological polar surface area (TPSA) is 60.0 Å². The summed E-state index contributed by atoms with van der Waals surface area (Å²) in [5, 5.41) is 3.97. The molecule has 0 unspecified atom stereocenters. The summed E-state index contributed by atoms with van der Waals surface area (Å²) in [6, 6.07) is 7.58. The second-order valence-corrected chi connectivity index (χ2v) is 7.17. The number of carbonyl (C=O) groups is 1. The van der Waals surface area contributed by atoms with Crippen LogP contribution in [0, 0.1) is 0 Å². The Labute approximate surface area is 171 Å². The van der Waals surface area contributed by atoms with Crippen molar-refractivity contribution in [3.8, 4) is 5.75 Å². The molecule has 1 aromatic rings. The van der Waals surface area contributed by atoms with Crippen molar-refractivity contribution < 1.29 is 19.0 Å². The van der Waals surface area contributed by atoms with Crippen LogP contribution in [0.2, 0.25) is 0 Å². The first-order valence-electron chi connectivity index (χ1n) is 9.37. The van der Waals surface area contributed by atoms with E-state index in [-0.39, 0.29) is 12.6 Å². The lowest BCUT2D eigenvalue weighted by atomic mass is 9.94. The quantitative estimate of drug-likeness (QED) is 0.295. The Hall–Kier alpha value is -2.38. The van der Waals surface area contributed by atoms with E-state index in [0.29, 0.717) is 35.7 Å². The molecule has 0 radical (unpaired) electrons. The standard InChI is InChI=1S/C21H26N2O4S/c1-4-10-26-17-7-5-6-15(13-17)19-18(20(24)27-12-11-25-3)14(2)23(16-8-9-16)21(28)22-19/h4-7,13,16,19H,1,8-12H2,2-3H3,(H,22,28)/t19-/m0/s1. The van der Waals surface area contributed by atoms with Crippen LogP contribution in [0.25, 0.3) is 0 Å². The number of esters is 1. The van der Waals surface area contributed by atoms with Gasteiger partial charge in [0, 0.05) is 18.8 Å². The molecular weight excluding hydrogens is 376 g/mol. The van der Waals surface area contributed by atoms with Crippen LogP contribution in [0.15, 0.2) is 48.2 Å². The van der Waals surface area contributed by atoms with Crippen LogP contribution >= 0.6 is 12.2 Å². The van der Waals surface area contributed by atoms with E-state index in [1.54, 1.807) is 13.2 Å². The van der Waals surface area contributed by atoms with E-state index in [1.165, 1.54) is 0 Å². The highest BCUT2D eigenvalue weighted by Crippen LogP contribution is 2.38. The molecule has 1 heterocycles. The number of hydrogen-bond donors (Lipinski definition) is 1. The second kappa shape index (κ2) is 9.21. The molecule has 1 aliphatic carbocycles. The predicted octanol–water partition coefficient (Wildman–Crippen LogP) is 3.11. The van der Waals surface area contributed by atoms with Crippen molar-refractivity contribution in [3.05, 3.63) is 53.8 Å². The first-order valence-corrected chi connectivity index (χ1v) is 9.77. The zero-order valence-electron chi connectivity index (χ0n) is 16.3. The molecule has 1 aromatic carbocycles. The van der Waals surface area contributed by atoms with Gasteiger partial charge in [0.2, 0.25) is 0 Å². The summed E-state index contributed by atoms with van der Waals surface area (Å²) in [6.45, 7) is 6.57. The lowest BCUT2D eigenvalue weighted by Gasteiger charge is -2.37. The van der Waals surface area contributed by atoms with Gasteiger partial charge in [-0.2, -0.15) is 0 Å². The van der Waals surface area contributed by atoms with E-state index in [2.05, 4.69) is 11.9 Å². The monoisotopic (exact) mass is 402 g/mol. The van der Waals surface area contributed by atoms with Crippen LogP contribution in [-0.2, 0) is 14.3 Å². The average molecular weight is 403 g/mol. The van der Waals surface area contributed by atoms with Gasteiger partial charge in [-0.25, -0.2) is 4.79 Å². The average Bonchev–Trinajstić information content (AvgIpc) is 3.51. The summed E-state index contributed by atoms with van der Waals surface area (Å²) < 4.78 is 16.1. The third-order valence-corrected chi connectivity index (χ3v) is 5.05. The molecule has 7 heteroatoms. The Morgan fingerprint density at radius 3 is 2.86 bits per heavy atom. The number of benzene rings is 1. The predicted molar refractivity (Wildman–Crippen MR) is 111 cm³/mol. The molecule has 1 N–H and O–H groups in total. The Balaban J connectivity index is 1.94. The van der Waals surface area contributed by atoms with Gasteiger partial charge < -0.3 is 24.4 Å². The Morgan fingerprint density at radius 1 is 1.39 bits per heavy atom. The fourth-order valence-corrected chi connectivity index (χ4v) is 3.68. The molecule has 0 aromatic heterocycles. The Morgan fingerprint density at radius 2 is 2.18 bits per heavy atom. The van der Waals surface area contributed by atoms with E-state index in [1.807, 2.05) is 36.1 Å². The molecule has 1 saturated carbocycles. The Kier molecular flexibility index (Phi) is 6.70. The molecule has 3 rings (SSSR count). The van der Waals surface area contributed by atoms with Gasteiger partial charge in [0.1, 0.15) is 19.0 Å². The van der Waals surface area contributed by atoms with Gasteiger partial charge in [0.05, 0.1) is 18.2 Å². The summed E-state index contributed by atoms with van der Waals surface area (Å²) in [5.74, 6) is 0.345. The van der Waals surface area contributed by atoms with E-state index >= 15 is 0 Å².